The van der Waals surface area contributed by atoms with E-state index < -0.39 is 22.7 Å². The zero-order valence-electron chi connectivity index (χ0n) is 22.6. The van der Waals surface area contributed by atoms with Crippen LogP contribution in [0.1, 0.15) is 25.5 Å². The van der Waals surface area contributed by atoms with Gasteiger partial charge in [-0.3, -0.25) is 4.72 Å². The van der Waals surface area contributed by atoms with Gasteiger partial charge in [0, 0.05) is 41.3 Å². The number of likely N-dealkylation sites (tertiary alicyclic amines) is 1. The fourth-order valence-corrected chi connectivity index (χ4v) is 5.65. The van der Waals surface area contributed by atoms with E-state index >= 15 is 0 Å². The van der Waals surface area contributed by atoms with Crippen molar-refractivity contribution in [2.75, 3.05) is 48.9 Å². The van der Waals surface area contributed by atoms with Gasteiger partial charge in [0.1, 0.15) is 12.3 Å². The van der Waals surface area contributed by atoms with Gasteiger partial charge in [0.2, 0.25) is 10.0 Å². The third-order valence-electron chi connectivity index (χ3n) is 6.87. The van der Waals surface area contributed by atoms with E-state index in [1.54, 1.807) is 30.3 Å². The molecule has 1 aliphatic rings. The van der Waals surface area contributed by atoms with Crippen molar-refractivity contribution in [3.8, 4) is 5.75 Å². The molecule has 2 aromatic carbocycles. The zero-order valence-corrected chi connectivity index (χ0v) is 23.4. The highest BCUT2D eigenvalue weighted by Gasteiger charge is 2.30. The van der Waals surface area contributed by atoms with Crippen molar-refractivity contribution in [2.24, 2.45) is 0 Å². The molecule has 1 aromatic heterocycles. The number of benzene rings is 2. The number of fused-ring (bicyclic) bond motifs is 1. The molecule has 8 nitrogen and oxygen atoms in total. The number of nitrogens with zero attached hydrogens (tertiary/aromatic N) is 2. The second kappa shape index (κ2) is 11.5. The molecule has 0 saturated carbocycles. The number of sulfonamides is 1. The number of anilines is 3. The van der Waals surface area contributed by atoms with Gasteiger partial charge in [-0.2, -0.15) is 13.2 Å². The van der Waals surface area contributed by atoms with Crippen LogP contribution in [-0.4, -0.2) is 69.6 Å². The number of nitrogens with one attached hydrogen (secondary N) is 3. The van der Waals surface area contributed by atoms with Gasteiger partial charge in [-0.05, 0) is 70.2 Å². The molecule has 39 heavy (non-hydrogen) atoms. The average molecular weight is 568 g/mol. The minimum absolute atomic E-state index is 0.255. The molecule has 2 heterocycles. The molecule has 0 bridgehead atoms. The lowest BCUT2D eigenvalue weighted by atomic mass is 10.0. The molecule has 0 spiro atoms. The molecule has 0 radical (unpaired) electrons. The Labute approximate surface area is 227 Å². The van der Waals surface area contributed by atoms with Crippen molar-refractivity contribution in [1.82, 2.24) is 9.47 Å². The van der Waals surface area contributed by atoms with Crippen LogP contribution in [0.2, 0.25) is 0 Å². The van der Waals surface area contributed by atoms with Crippen LogP contribution >= 0.6 is 0 Å². The summed E-state index contributed by atoms with van der Waals surface area (Å²) in [5, 5.41) is 7.65. The summed E-state index contributed by atoms with van der Waals surface area (Å²) in [4.78, 5) is 2.27. The smallest absolute Gasteiger partial charge is 0.406 e. The summed E-state index contributed by atoms with van der Waals surface area (Å²) >= 11 is 0. The van der Waals surface area contributed by atoms with Crippen LogP contribution in [0, 0.1) is 0 Å². The van der Waals surface area contributed by atoms with Gasteiger partial charge in [-0.15, -0.1) is 0 Å². The molecular formula is C27H36F3N5O3S. The maximum Gasteiger partial charge on any atom is 0.406 e. The molecule has 214 valence electrons. The second-order valence-corrected chi connectivity index (χ2v) is 12.1. The summed E-state index contributed by atoms with van der Waals surface area (Å²) in [6, 6.07) is 12.2. The van der Waals surface area contributed by atoms with Crippen LogP contribution in [0.5, 0.6) is 5.75 Å². The van der Waals surface area contributed by atoms with Gasteiger partial charge in [-0.1, -0.05) is 6.07 Å². The zero-order chi connectivity index (χ0) is 28.4. The monoisotopic (exact) mass is 567 g/mol. The van der Waals surface area contributed by atoms with Crippen molar-refractivity contribution in [3.05, 3.63) is 48.2 Å². The third-order valence-corrected chi connectivity index (χ3v) is 7.48. The molecule has 3 aromatic rings. The van der Waals surface area contributed by atoms with E-state index in [0.717, 1.165) is 43.3 Å². The molecule has 0 aliphatic carbocycles. The molecule has 1 aliphatic heterocycles. The topological polar surface area (TPSA) is 87.6 Å². The molecule has 1 atom stereocenters. The molecule has 12 heteroatoms. The number of ether oxygens (including phenoxy) is 1. The first-order chi connectivity index (χ1) is 18.3. The van der Waals surface area contributed by atoms with Gasteiger partial charge >= 0.3 is 6.18 Å². The van der Waals surface area contributed by atoms with Crippen LogP contribution in [0.15, 0.2) is 42.5 Å². The van der Waals surface area contributed by atoms with Gasteiger partial charge < -0.3 is 24.8 Å². The van der Waals surface area contributed by atoms with E-state index in [1.807, 2.05) is 19.1 Å². The Bertz CT molecular complexity index is 1400. The van der Waals surface area contributed by atoms with Crippen molar-refractivity contribution < 1.29 is 26.3 Å². The highest BCUT2D eigenvalue weighted by atomic mass is 32.2. The minimum Gasteiger partial charge on any atom is -0.495 e. The lowest BCUT2D eigenvalue weighted by molar-refractivity contribution is -0.140. The highest BCUT2D eigenvalue weighted by Crippen LogP contribution is 2.33. The van der Waals surface area contributed by atoms with E-state index in [9.17, 15) is 21.6 Å². The summed E-state index contributed by atoms with van der Waals surface area (Å²) in [6.45, 7) is 2.76. The Morgan fingerprint density at radius 1 is 1.10 bits per heavy atom. The first-order valence-electron chi connectivity index (χ1n) is 12.9. The number of halogens is 3. The summed E-state index contributed by atoms with van der Waals surface area (Å²) in [5.41, 5.74) is 2.91. The van der Waals surface area contributed by atoms with Crippen molar-refractivity contribution in [2.45, 2.75) is 51.0 Å². The first kappa shape index (κ1) is 28.9. The fourth-order valence-electron chi connectivity index (χ4n) is 5.09. The number of hydrogen-bond acceptors (Lipinski definition) is 6. The normalized spacial score (nSPS) is 16.3. The SMILES string of the molecule is COc1cc(NS(C)(=O)=O)ccc1NC(C)Cc1cc2c(NC3CCN(C)CC3)cccc2n1CC(F)(F)F. The van der Waals surface area contributed by atoms with Crippen LogP contribution in [-0.2, 0) is 23.0 Å². The molecule has 1 saturated heterocycles. The van der Waals surface area contributed by atoms with E-state index in [1.165, 1.54) is 11.7 Å². The summed E-state index contributed by atoms with van der Waals surface area (Å²) in [7, 11) is 0.102. The van der Waals surface area contributed by atoms with E-state index in [-0.39, 0.29) is 12.1 Å². The number of methoxy groups -OCH3 is 1. The summed E-state index contributed by atoms with van der Waals surface area (Å²) < 4.78 is 73.3. The van der Waals surface area contributed by atoms with Gasteiger partial charge in [0.25, 0.3) is 0 Å². The Balaban J connectivity index is 1.59. The van der Waals surface area contributed by atoms with E-state index in [0.29, 0.717) is 34.8 Å². The molecule has 4 rings (SSSR count). The van der Waals surface area contributed by atoms with Crippen LogP contribution < -0.4 is 20.1 Å². The fraction of sp³-hybridized carbons (Fsp3) is 0.481. The predicted molar refractivity (Wildman–Crippen MR) is 150 cm³/mol. The van der Waals surface area contributed by atoms with Gasteiger partial charge in [-0.25, -0.2) is 8.42 Å². The maximum atomic E-state index is 13.7. The van der Waals surface area contributed by atoms with Crippen molar-refractivity contribution >= 4 is 38.0 Å². The van der Waals surface area contributed by atoms with Crippen LogP contribution in [0.3, 0.4) is 0 Å². The van der Waals surface area contributed by atoms with E-state index in [2.05, 4.69) is 27.3 Å². The van der Waals surface area contributed by atoms with Gasteiger partial charge in [0.05, 0.1) is 30.3 Å². The standard InChI is InChI=1S/C27H36F3N5O3S/c1-18(31-24-9-8-20(15-26(24)38-3)33-39(4,36)37)14-21-16-22-23(32-19-10-12-34(2)13-11-19)6-5-7-25(22)35(21)17-27(28,29)30/h5-9,15-16,18-19,31-33H,10-14,17H2,1-4H3. The molecule has 3 N–H and O–H groups in total. The first-order valence-corrected chi connectivity index (χ1v) is 14.8. The maximum absolute atomic E-state index is 13.7. The average Bonchev–Trinajstić information content (AvgIpc) is 3.16. The molecule has 0 amide bonds. The lowest BCUT2D eigenvalue weighted by Gasteiger charge is -2.30. The van der Waals surface area contributed by atoms with Crippen molar-refractivity contribution in [3.63, 3.8) is 0 Å². The number of piperidine rings is 1. The summed E-state index contributed by atoms with van der Waals surface area (Å²) in [6.07, 6.45) is -1.04. The number of aromatic nitrogens is 1. The second-order valence-electron chi connectivity index (χ2n) is 10.3. The number of rotatable bonds is 10. The quantitative estimate of drug-likeness (QED) is 0.315. The van der Waals surface area contributed by atoms with Crippen molar-refractivity contribution in [1.29, 1.82) is 0 Å². The number of hydrogen-bond donors (Lipinski definition) is 3. The third kappa shape index (κ3) is 7.72. The Morgan fingerprint density at radius 3 is 2.46 bits per heavy atom. The molecule has 1 unspecified atom stereocenters. The summed E-state index contributed by atoms with van der Waals surface area (Å²) in [5.74, 6) is 0.413. The van der Waals surface area contributed by atoms with E-state index in [4.69, 9.17) is 4.74 Å². The Morgan fingerprint density at radius 2 is 1.82 bits per heavy atom. The van der Waals surface area contributed by atoms with Gasteiger partial charge in [0.15, 0.2) is 0 Å². The Kier molecular flexibility index (Phi) is 8.55. The van der Waals surface area contributed by atoms with Crippen LogP contribution in [0.25, 0.3) is 10.9 Å². The molecular weight excluding hydrogens is 531 g/mol. The minimum atomic E-state index is -4.37. The Hall–Kier alpha value is -3.12. The molecule has 1 fully saturated rings. The largest absolute Gasteiger partial charge is 0.495 e. The van der Waals surface area contributed by atoms with Crippen LogP contribution in [0.4, 0.5) is 30.2 Å². The highest BCUT2D eigenvalue weighted by molar-refractivity contribution is 7.92. The predicted octanol–water partition coefficient (Wildman–Crippen LogP) is 5.13. The lowest BCUT2D eigenvalue weighted by Crippen LogP contribution is -2.36. The number of alkyl halides is 3.